The molecule has 2 rings (SSSR count). The predicted octanol–water partition coefficient (Wildman–Crippen LogP) is 0.780. The van der Waals surface area contributed by atoms with E-state index in [1.54, 1.807) is 6.07 Å². The Labute approximate surface area is 116 Å². The van der Waals surface area contributed by atoms with Crippen LogP contribution in [0.25, 0.3) is 0 Å². The summed E-state index contributed by atoms with van der Waals surface area (Å²) >= 11 is 4.86. The highest BCUT2D eigenvalue weighted by atomic mass is 32.1. The molecule has 1 aliphatic rings. The first kappa shape index (κ1) is 13.9. The summed E-state index contributed by atoms with van der Waals surface area (Å²) in [6.07, 6.45) is 0. The summed E-state index contributed by atoms with van der Waals surface area (Å²) < 4.78 is 13.5. The summed E-state index contributed by atoms with van der Waals surface area (Å²) in [7, 11) is 0. The van der Waals surface area contributed by atoms with Crippen molar-refractivity contribution in [1.82, 2.24) is 10.2 Å². The number of nitrogens with zero attached hydrogens (tertiary/aromatic N) is 1. The van der Waals surface area contributed by atoms with Gasteiger partial charge in [-0.1, -0.05) is 12.2 Å². The summed E-state index contributed by atoms with van der Waals surface area (Å²) in [5, 5.41) is 2.79. The van der Waals surface area contributed by atoms with Crippen LogP contribution in [0.2, 0.25) is 0 Å². The molecule has 19 heavy (non-hydrogen) atoms. The van der Waals surface area contributed by atoms with Gasteiger partial charge in [0.05, 0.1) is 6.04 Å². The van der Waals surface area contributed by atoms with Crippen LogP contribution < -0.4 is 11.1 Å². The number of nitrogens with one attached hydrogen (secondary N) is 1. The Morgan fingerprint density at radius 2 is 2.32 bits per heavy atom. The fraction of sp³-hybridized carbons (Fsp3) is 0.385. The summed E-state index contributed by atoms with van der Waals surface area (Å²) in [5.41, 5.74) is 6.80. The minimum absolute atomic E-state index is 0.00257. The number of thiocarbonyl (C=S) groups is 1. The molecule has 0 aliphatic carbocycles. The average molecular weight is 281 g/mol. The Morgan fingerprint density at radius 1 is 1.58 bits per heavy atom. The highest BCUT2D eigenvalue weighted by Gasteiger charge is 2.25. The van der Waals surface area contributed by atoms with Crippen LogP contribution in [0.15, 0.2) is 18.2 Å². The van der Waals surface area contributed by atoms with Gasteiger partial charge in [-0.25, -0.2) is 4.39 Å². The van der Waals surface area contributed by atoms with Crippen molar-refractivity contribution in [2.45, 2.75) is 19.5 Å². The van der Waals surface area contributed by atoms with E-state index in [2.05, 4.69) is 5.32 Å². The molecule has 4 nitrogen and oxygen atoms in total. The molecule has 1 aromatic rings. The van der Waals surface area contributed by atoms with Crippen molar-refractivity contribution in [3.63, 3.8) is 0 Å². The molecular weight excluding hydrogens is 265 g/mol. The number of amides is 1. The van der Waals surface area contributed by atoms with E-state index in [9.17, 15) is 9.18 Å². The maximum Gasteiger partial charge on any atom is 0.237 e. The number of rotatable bonds is 3. The van der Waals surface area contributed by atoms with Gasteiger partial charge in [0.25, 0.3) is 0 Å². The molecular formula is C13H16FN3OS. The van der Waals surface area contributed by atoms with Crippen molar-refractivity contribution in [3.05, 3.63) is 35.1 Å². The first-order valence-corrected chi connectivity index (χ1v) is 6.49. The highest BCUT2D eigenvalue weighted by Crippen LogP contribution is 2.14. The third kappa shape index (κ3) is 3.27. The predicted molar refractivity (Wildman–Crippen MR) is 75.2 cm³/mol. The zero-order chi connectivity index (χ0) is 14.0. The number of hydrogen-bond acceptors (Lipinski definition) is 3. The van der Waals surface area contributed by atoms with Gasteiger partial charge in [0.15, 0.2) is 0 Å². The van der Waals surface area contributed by atoms with Crippen molar-refractivity contribution >= 4 is 23.1 Å². The number of hydrogen-bond donors (Lipinski definition) is 2. The number of nitrogens with two attached hydrogens (primary N) is 1. The fourth-order valence-electron chi connectivity index (χ4n) is 2.16. The van der Waals surface area contributed by atoms with E-state index in [4.69, 9.17) is 18.0 Å². The Bertz CT molecular complexity index is 521. The molecule has 3 N–H and O–H groups in total. The van der Waals surface area contributed by atoms with Gasteiger partial charge in [-0.15, -0.1) is 0 Å². The third-order valence-corrected chi connectivity index (χ3v) is 3.49. The maximum absolute atomic E-state index is 13.5. The molecule has 102 valence electrons. The second kappa shape index (κ2) is 5.63. The number of benzene rings is 1. The second-order valence-electron chi connectivity index (χ2n) is 4.65. The van der Waals surface area contributed by atoms with E-state index in [1.807, 2.05) is 11.8 Å². The van der Waals surface area contributed by atoms with Crippen LogP contribution in [-0.4, -0.2) is 34.9 Å². The molecule has 1 aliphatic heterocycles. The molecule has 1 atom stereocenters. The molecule has 1 heterocycles. The SMILES string of the molecule is CC1C(=O)NCCN1Cc1cc(F)cc(C(N)=S)c1. The molecule has 1 unspecified atom stereocenters. The quantitative estimate of drug-likeness (QED) is 0.804. The Morgan fingerprint density at radius 3 is 3.00 bits per heavy atom. The van der Waals surface area contributed by atoms with Crippen LogP contribution in [0, 0.1) is 5.82 Å². The molecule has 0 spiro atoms. The number of carbonyl (C=O) groups is 1. The summed E-state index contributed by atoms with van der Waals surface area (Å²) in [5.74, 6) is -0.369. The average Bonchev–Trinajstić information content (AvgIpc) is 2.34. The lowest BCUT2D eigenvalue weighted by atomic mass is 10.1. The number of piperazine rings is 1. The zero-order valence-corrected chi connectivity index (χ0v) is 11.5. The third-order valence-electron chi connectivity index (χ3n) is 3.25. The Kier molecular flexibility index (Phi) is 4.11. The van der Waals surface area contributed by atoms with E-state index in [1.165, 1.54) is 12.1 Å². The molecule has 1 saturated heterocycles. The van der Waals surface area contributed by atoms with Crippen LogP contribution in [-0.2, 0) is 11.3 Å². The van der Waals surface area contributed by atoms with Crippen LogP contribution in [0.3, 0.4) is 0 Å². The van der Waals surface area contributed by atoms with Gasteiger partial charge in [-0.2, -0.15) is 0 Å². The second-order valence-corrected chi connectivity index (χ2v) is 5.09. The Hall–Kier alpha value is -1.53. The lowest BCUT2D eigenvalue weighted by Crippen LogP contribution is -2.53. The molecule has 0 bridgehead atoms. The standard InChI is InChI=1S/C13H16FN3OS/c1-8-13(18)16-2-3-17(8)7-9-4-10(12(15)19)6-11(14)5-9/h4-6,8H,2-3,7H2,1H3,(H2,15,19)(H,16,18). The van der Waals surface area contributed by atoms with Crippen molar-refractivity contribution in [3.8, 4) is 0 Å². The first-order chi connectivity index (χ1) is 8.97. The lowest BCUT2D eigenvalue weighted by molar-refractivity contribution is -0.128. The van der Waals surface area contributed by atoms with Gasteiger partial charge in [0.2, 0.25) is 5.91 Å². The van der Waals surface area contributed by atoms with E-state index in [-0.39, 0.29) is 22.8 Å². The number of halogens is 1. The van der Waals surface area contributed by atoms with E-state index in [0.717, 1.165) is 12.1 Å². The Balaban J connectivity index is 2.18. The van der Waals surface area contributed by atoms with E-state index >= 15 is 0 Å². The fourth-order valence-corrected chi connectivity index (χ4v) is 2.28. The van der Waals surface area contributed by atoms with E-state index in [0.29, 0.717) is 18.7 Å². The maximum atomic E-state index is 13.5. The van der Waals surface area contributed by atoms with Crippen LogP contribution in [0.4, 0.5) is 4.39 Å². The smallest absolute Gasteiger partial charge is 0.237 e. The zero-order valence-electron chi connectivity index (χ0n) is 10.6. The highest BCUT2D eigenvalue weighted by molar-refractivity contribution is 7.80. The van der Waals surface area contributed by atoms with Gasteiger partial charge in [0.1, 0.15) is 10.8 Å². The molecule has 0 radical (unpaired) electrons. The molecule has 1 fully saturated rings. The number of carbonyl (C=O) groups excluding carboxylic acids is 1. The summed E-state index contributed by atoms with van der Waals surface area (Å²) in [6.45, 7) is 3.69. The van der Waals surface area contributed by atoms with Gasteiger partial charge < -0.3 is 11.1 Å². The topological polar surface area (TPSA) is 58.4 Å². The van der Waals surface area contributed by atoms with Gasteiger partial charge in [-0.3, -0.25) is 9.69 Å². The lowest BCUT2D eigenvalue weighted by Gasteiger charge is -2.32. The van der Waals surface area contributed by atoms with Crippen LogP contribution >= 0.6 is 12.2 Å². The minimum Gasteiger partial charge on any atom is -0.389 e. The molecule has 6 heteroatoms. The van der Waals surface area contributed by atoms with Crippen molar-refractivity contribution in [1.29, 1.82) is 0 Å². The molecule has 0 saturated carbocycles. The minimum atomic E-state index is -0.366. The molecule has 1 aromatic carbocycles. The summed E-state index contributed by atoms with van der Waals surface area (Å²) in [4.78, 5) is 13.7. The largest absolute Gasteiger partial charge is 0.389 e. The van der Waals surface area contributed by atoms with Crippen LogP contribution in [0.5, 0.6) is 0 Å². The van der Waals surface area contributed by atoms with Crippen molar-refractivity contribution in [2.75, 3.05) is 13.1 Å². The monoisotopic (exact) mass is 281 g/mol. The van der Waals surface area contributed by atoms with Gasteiger partial charge >= 0.3 is 0 Å². The summed E-state index contributed by atoms with van der Waals surface area (Å²) in [6, 6.07) is 4.31. The van der Waals surface area contributed by atoms with Crippen molar-refractivity contribution in [2.24, 2.45) is 5.73 Å². The normalized spacial score (nSPS) is 20.1. The molecule has 0 aromatic heterocycles. The first-order valence-electron chi connectivity index (χ1n) is 6.08. The van der Waals surface area contributed by atoms with E-state index < -0.39 is 0 Å². The van der Waals surface area contributed by atoms with Gasteiger partial charge in [0, 0.05) is 25.2 Å². The molecule has 1 amide bonds. The van der Waals surface area contributed by atoms with Gasteiger partial charge in [-0.05, 0) is 30.7 Å². The van der Waals surface area contributed by atoms with Crippen LogP contribution in [0.1, 0.15) is 18.1 Å². The van der Waals surface area contributed by atoms with Crippen molar-refractivity contribution < 1.29 is 9.18 Å².